The van der Waals surface area contributed by atoms with E-state index in [9.17, 15) is 9.59 Å². The number of fused-ring (bicyclic) bond motifs is 7. The average Bonchev–Trinajstić information content (AvgIpc) is 3.88. The first-order chi connectivity index (χ1) is 34.5. The van der Waals surface area contributed by atoms with Crippen molar-refractivity contribution in [3.63, 3.8) is 0 Å². The summed E-state index contributed by atoms with van der Waals surface area (Å²) in [5.74, 6) is 0.0564. The Hall–Kier alpha value is -8.08. The first-order valence-electron chi connectivity index (χ1n) is 25.2. The predicted octanol–water partition coefficient (Wildman–Crippen LogP) is 17.4. The number of rotatable bonds is 8. The summed E-state index contributed by atoms with van der Waals surface area (Å²) >= 11 is 0. The first-order valence-corrected chi connectivity index (χ1v) is 25.2. The number of aryl methyl sites for hydroxylation is 8. The van der Waals surface area contributed by atoms with Gasteiger partial charge in [-0.15, -0.1) is 0 Å². The molecule has 2 heterocycles. The fourth-order valence-electron chi connectivity index (χ4n) is 12.1. The van der Waals surface area contributed by atoms with E-state index in [-0.39, 0.29) is 11.6 Å². The molecule has 0 aliphatic rings. The summed E-state index contributed by atoms with van der Waals surface area (Å²) in [6.45, 7) is 25.6. The first kappa shape index (κ1) is 46.3. The molecule has 0 atom stereocenters. The molecule has 0 radical (unpaired) electrons. The summed E-state index contributed by atoms with van der Waals surface area (Å²) < 4.78 is 4.76. The van der Waals surface area contributed by atoms with Crippen molar-refractivity contribution in [2.45, 2.75) is 83.1 Å². The van der Waals surface area contributed by atoms with Gasteiger partial charge in [0.2, 0.25) is 0 Å². The fourth-order valence-corrected chi connectivity index (χ4v) is 12.1. The number of hydrogen-bond acceptors (Lipinski definition) is 2. The molecule has 9 aromatic carbocycles. The highest BCUT2D eigenvalue weighted by molar-refractivity contribution is 6.26. The van der Waals surface area contributed by atoms with Gasteiger partial charge in [-0.2, -0.15) is 0 Å². The van der Waals surface area contributed by atoms with Crippen LogP contribution in [0.5, 0.6) is 0 Å². The maximum atomic E-state index is 14.7. The van der Waals surface area contributed by atoms with Gasteiger partial charge in [0.05, 0.1) is 22.1 Å². The second-order valence-electron chi connectivity index (χ2n) is 20.6. The van der Waals surface area contributed by atoms with Crippen molar-refractivity contribution in [1.29, 1.82) is 0 Å². The summed E-state index contributed by atoms with van der Waals surface area (Å²) in [5.41, 5.74) is 27.5. The van der Waals surface area contributed by atoms with Crippen molar-refractivity contribution >= 4 is 55.2 Å². The largest absolute Gasteiger partial charge is 0.309 e. The molecular formula is C68H60N2O2. The molecule has 11 rings (SSSR count). The lowest BCUT2D eigenvalue weighted by Gasteiger charge is -2.17. The van der Waals surface area contributed by atoms with E-state index < -0.39 is 0 Å². The molecule has 4 heteroatoms. The van der Waals surface area contributed by atoms with Crippen LogP contribution in [0.2, 0.25) is 0 Å². The molecule has 0 spiro atoms. The summed E-state index contributed by atoms with van der Waals surface area (Å²) in [4.78, 5) is 29.4. The van der Waals surface area contributed by atoms with E-state index >= 15 is 0 Å². The molecule has 4 nitrogen and oxygen atoms in total. The molecule has 0 saturated carbocycles. The summed E-state index contributed by atoms with van der Waals surface area (Å²) in [7, 11) is 0. The molecule has 0 unspecified atom stereocenters. The third kappa shape index (κ3) is 7.18. The number of carbonyl (C=O) groups is 2. The Morgan fingerprint density at radius 2 is 0.736 bits per heavy atom. The lowest BCUT2D eigenvalue weighted by atomic mass is 9.87. The maximum Gasteiger partial charge on any atom is 0.193 e. The number of aromatic nitrogens is 2. The molecule has 2 aromatic heterocycles. The van der Waals surface area contributed by atoms with Crippen LogP contribution in [0, 0.1) is 83.1 Å². The van der Waals surface area contributed by atoms with E-state index in [1.807, 2.05) is 24.3 Å². The quantitative estimate of drug-likeness (QED) is 0.143. The zero-order chi connectivity index (χ0) is 50.6. The summed E-state index contributed by atoms with van der Waals surface area (Å²) in [6, 6.07) is 51.4. The Labute approximate surface area is 423 Å². The molecule has 0 aliphatic carbocycles. The van der Waals surface area contributed by atoms with Crippen molar-refractivity contribution in [2.24, 2.45) is 0 Å². The van der Waals surface area contributed by atoms with Crippen LogP contribution in [0.4, 0.5) is 0 Å². The maximum absolute atomic E-state index is 14.7. The Balaban J connectivity index is 1.04. The minimum Gasteiger partial charge on any atom is -0.309 e. The lowest BCUT2D eigenvalue weighted by Crippen LogP contribution is -2.08. The smallest absolute Gasteiger partial charge is 0.193 e. The predicted molar refractivity (Wildman–Crippen MR) is 303 cm³/mol. The van der Waals surface area contributed by atoms with Crippen LogP contribution in [0.1, 0.15) is 98.6 Å². The third-order valence-corrected chi connectivity index (χ3v) is 16.0. The molecular weight excluding hydrogens is 877 g/mol. The van der Waals surface area contributed by atoms with Gasteiger partial charge in [0.15, 0.2) is 11.6 Å². The van der Waals surface area contributed by atoms with Crippen molar-refractivity contribution < 1.29 is 9.59 Å². The van der Waals surface area contributed by atoms with E-state index in [0.717, 1.165) is 99.5 Å². The fraction of sp³-hybridized carbons (Fsp3) is 0.176. The SMILES string of the molecule is Cc1cc(C)c(C)c(-c2cccc(C(=O)c3c(C)cc(-n4c5ccccc5c5c4ccc4c6ccccc6n(-c6cc(C)c(C(=O)c7cccc(-c8c(C)c(C)cc(C)c8C)c7)c(C)c6)c45)cc3C)c2)c1C. The summed E-state index contributed by atoms with van der Waals surface area (Å²) in [5, 5.41) is 4.61. The molecule has 354 valence electrons. The minimum atomic E-state index is 0.0279. The van der Waals surface area contributed by atoms with Crippen LogP contribution >= 0.6 is 0 Å². The topological polar surface area (TPSA) is 44.0 Å². The van der Waals surface area contributed by atoms with Crippen molar-refractivity contribution in [1.82, 2.24) is 9.13 Å². The van der Waals surface area contributed by atoms with Gasteiger partial charge in [0.25, 0.3) is 0 Å². The number of benzene rings is 9. The van der Waals surface area contributed by atoms with Gasteiger partial charge in [-0.25, -0.2) is 0 Å². The molecule has 0 amide bonds. The van der Waals surface area contributed by atoms with Gasteiger partial charge in [-0.3, -0.25) is 9.59 Å². The van der Waals surface area contributed by atoms with Gasteiger partial charge in [-0.1, -0.05) is 91.0 Å². The number of carbonyl (C=O) groups excluding carboxylic acids is 2. The van der Waals surface area contributed by atoms with E-state index in [0.29, 0.717) is 11.1 Å². The second-order valence-corrected chi connectivity index (χ2v) is 20.6. The number of hydrogen-bond donors (Lipinski definition) is 0. The zero-order valence-electron chi connectivity index (χ0n) is 43.6. The van der Waals surface area contributed by atoms with E-state index in [1.54, 1.807) is 0 Å². The molecule has 0 bridgehead atoms. The summed E-state index contributed by atoms with van der Waals surface area (Å²) in [6.07, 6.45) is 0. The van der Waals surface area contributed by atoms with Gasteiger partial charge in [0, 0.05) is 55.2 Å². The molecule has 0 N–H and O–H groups in total. The molecule has 72 heavy (non-hydrogen) atoms. The third-order valence-electron chi connectivity index (χ3n) is 16.0. The molecule has 0 aliphatic heterocycles. The van der Waals surface area contributed by atoms with E-state index in [2.05, 4.69) is 214 Å². The highest BCUT2D eigenvalue weighted by Gasteiger charge is 2.25. The zero-order valence-corrected chi connectivity index (χ0v) is 43.6. The lowest BCUT2D eigenvalue weighted by molar-refractivity contribution is 0.103. The van der Waals surface area contributed by atoms with Crippen molar-refractivity contribution in [3.05, 3.63) is 235 Å². The Morgan fingerprint density at radius 3 is 1.19 bits per heavy atom. The molecule has 11 aromatic rings. The normalized spacial score (nSPS) is 11.7. The van der Waals surface area contributed by atoms with Crippen LogP contribution < -0.4 is 0 Å². The van der Waals surface area contributed by atoms with Gasteiger partial charge < -0.3 is 9.13 Å². The van der Waals surface area contributed by atoms with Crippen LogP contribution in [0.3, 0.4) is 0 Å². The number of para-hydroxylation sites is 2. The van der Waals surface area contributed by atoms with E-state index in [4.69, 9.17) is 0 Å². The van der Waals surface area contributed by atoms with Crippen molar-refractivity contribution in [2.75, 3.05) is 0 Å². The van der Waals surface area contributed by atoms with Crippen molar-refractivity contribution in [3.8, 4) is 33.6 Å². The Morgan fingerprint density at radius 1 is 0.333 bits per heavy atom. The van der Waals surface area contributed by atoms with E-state index in [1.165, 1.54) is 55.6 Å². The Bertz CT molecular complexity index is 4050. The highest BCUT2D eigenvalue weighted by Crippen LogP contribution is 2.43. The molecule has 0 fully saturated rings. The van der Waals surface area contributed by atoms with Crippen LogP contribution in [0.15, 0.2) is 146 Å². The highest BCUT2D eigenvalue weighted by atomic mass is 16.1. The number of nitrogens with zero attached hydrogens (tertiary/aromatic N) is 2. The molecule has 0 saturated heterocycles. The second kappa shape index (κ2) is 17.3. The Kier molecular flexibility index (Phi) is 11.2. The average molecular weight is 937 g/mol. The van der Waals surface area contributed by atoms with Crippen LogP contribution in [-0.2, 0) is 0 Å². The van der Waals surface area contributed by atoms with Crippen LogP contribution in [-0.4, -0.2) is 20.7 Å². The van der Waals surface area contributed by atoms with Gasteiger partial charge in [0.1, 0.15) is 0 Å². The van der Waals surface area contributed by atoms with Gasteiger partial charge >= 0.3 is 0 Å². The van der Waals surface area contributed by atoms with Gasteiger partial charge in [-0.05, 0) is 227 Å². The van der Waals surface area contributed by atoms with Crippen LogP contribution in [0.25, 0.3) is 77.2 Å². The number of ketones is 2. The standard InChI is InChI=1S/C68H60N2O2/c1-37-29-38(2)46(10)63(45(37)9)49-19-17-21-51(35-49)67(71)61-41(5)31-53(32-42(61)6)69-59-26-16-14-24-57(59)65-60(69)28-27-56-55-23-13-15-25-58(55)70(66(56)65)54-33-43(7)62(44(8)34-54)68(72)52-22-18-20-50(36-52)64-47(11)39(3)30-40(4)48(64)12/h13-36H,1-12H3. The minimum absolute atomic E-state index is 0.0279. The monoisotopic (exact) mass is 936 g/mol.